The molecule has 0 unspecified atom stereocenters. The third-order valence-corrected chi connectivity index (χ3v) is 11.3. The topological polar surface area (TPSA) is 9.86 Å². The van der Waals surface area contributed by atoms with Gasteiger partial charge in [-0.3, -0.25) is 0 Å². The molecule has 0 aliphatic heterocycles. The Labute approximate surface area is 325 Å². The van der Waals surface area contributed by atoms with Gasteiger partial charge < -0.3 is 9.13 Å². The lowest BCUT2D eigenvalue weighted by Crippen LogP contribution is -1.94. The van der Waals surface area contributed by atoms with Gasteiger partial charge in [-0.25, -0.2) is 0 Å². The Morgan fingerprint density at radius 3 is 1.18 bits per heavy atom. The van der Waals surface area contributed by atoms with Gasteiger partial charge in [0.1, 0.15) is 0 Å². The summed E-state index contributed by atoms with van der Waals surface area (Å²) < 4.78 is 4.78. The molecule has 56 heavy (non-hydrogen) atoms. The number of aromatic nitrogens is 2. The lowest BCUT2D eigenvalue weighted by molar-refractivity contribution is 1.18. The van der Waals surface area contributed by atoms with Crippen LogP contribution in [0.25, 0.3) is 99.5 Å². The van der Waals surface area contributed by atoms with Crippen molar-refractivity contribution in [3.8, 4) is 55.9 Å². The first-order valence-corrected chi connectivity index (χ1v) is 19.3. The van der Waals surface area contributed by atoms with E-state index >= 15 is 0 Å². The van der Waals surface area contributed by atoms with Gasteiger partial charge >= 0.3 is 0 Å². The molecule has 0 atom stereocenters. The first-order valence-electron chi connectivity index (χ1n) is 19.3. The molecule has 0 saturated heterocycles. The monoisotopic (exact) mass is 712 g/mol. The fourth-order valence-electron chi connectivity index (χ4n) is 8.69. The molecule has 0 aliphatic carbocycles. The molecule has 11 aromatic rings. The van der Waals surface area contributed by atoms with Gasteiger partial charge in [0, 0.05) is 32.9 Å². The molecule has 0 radical (unpaired) electrons. The largest absolute Gasteiger partial charge is 0.309 e. The molecule has 0 amide bonds. The lowest BCUT2D eigenvalue weighted by atomic mass is 9.91. The first kappa shape index (κ1) is 32.0. The number of nitrogens with zero attached hydrogens (tertiary/aromatic N) is 2. The molecule has 262 valence electrons. The van der Waals surface area contributed by atoms with E-state index in [1.165, 1.54) is 93.8 Å². The van der Waals surface area contributed by atoms with Crippen LogP contribution in [0, 0.1) is 0 Å². The van der Waals surface area contributed by atoms with Crippen LogP contribution in [0.5, 0.6) is 0 Å². The third-order valence-electron chi connectivity index (χ3n) is 11.3. The van der Waals surface area contributed by atoms with Crippen molar-refractivity contribution in [1.29, 1.82) is 0 Å². The molecule has 2 aromatic heterocycles. The maximum atomic E-state index is 2.41. The molecule has 0 bridgehead atoms. The summed E-state index contributed by atoms with van der Waals surface area (Å²) in [6, 6.07) is 79.4. The van der Waals surface area contributed by atoms with Crippen LogP contribution < -0.4 is 0 Å². The standard InChI is InChI=1S/C54H36N2/c1-4-14-37(15-5-1)40-26-31-45(38-16-6-2-7-17-38)48(34-40)39-24-29-44(30-25-39)56-52-23-13-11-21-47(52)50-36-42(28-33-54(50)56)41-27-32-53-49(35-41)46-20-10-12-22-51(46)55(53)43-18-8-3-9-19-43/h1-36H. The van der Waals surface area contributed by atoms with E-state index in [-0.39, 0.29) is 0 Å². The highest BCUT2D eigenvalue weighted by atomic mass is 15.0. The Kier molecular flexibility index (Phi) is 7.53. The van der Waals surface area contributed by atoms with Gasteiger partial charge in [0.25, 0.3) is 0 Å². The minimum atomic E-state index is 1.14. The first-order chi connectivity index (χ1) is 27.8. The van der Waals surface area contributed by atoms with Crippen LogP contribution in [0.3, 0.4) is 0 Å². The van der Waals surface area contributed by atoms with Crippen LogP contribution in [0.4, 0.5) is 0 Å². The van der Waals surface area contributed by atoms with Crippen molar-refractivity contribution >= 4 is 43.6 Å². The Balaban J connectivity index is 1.02. The number of benzene rings is 9. The van der Waals surface area contributed by atoms with Gasteiger partial charge in [0.15, 0.2) is 0 Å². The second-order valence-electron chi connectivity index (χ2n) is 14.5. The molecule has 9 aromatic carbocycles. The van der Waals surface area contributed by atoms with Crippen molar-refractivity contribution in [1.82, 2.24) is 9.13 Å². The SMILES string of the molecule is c1ccc(-c2ccc(-c3ccccc3)c(-c3ccc(-n4c5ccccc5c5cc(-c6ccc7c(c6)c6ccccc6n7-c6ccccc6)ccc54)cc3)c2)cc1. The number of fused-ring (bicyclic) bond motifs is 6. The minimum Gasteiger partial charge on any atom is -0.309 e. The number of para-hydroxylation sites is 3. The second-order valence-corrected chi connectivity index (χ2v) is 14.5. The van der Waals surface area contributed by atoms with Crippen LogP contribution in [0.2, 0.25) is 0 Å². The van der Waals surface area contributed by atoms with E-state index in [4.69, 9.17) is 0 Å². The number of hydrogen-bond donors (Lipinski definition) is 0. The summed E-state index contributed by atoms with van der Waals surface area (Å²) in [6.45, 7) is 0. The quantitative estimate of drug-likeness (QED) is 0.162. The maximum absolute atomic E-state index is 2.41. The van der Waals surface area contributed by atoms with Crippen molar-refractivity contribution < 1.29 is 0 Å². The van der Waals surface area contributed by atoms with Crippen LogP contribution in [0.1, 0.15) is 0 Å². The molecule has 0 aliphatic rings. The summed E-state index contributed by atoms with van der Waals surface area (Å²) in [5, 5.41) is 5.01. The van der Waals surface area contributed by atoms with E-state index in [1.807, 2.05) is 0 Å². The summed E-state index contributed by atoms with van der Waals surface area (Å²) in [6.07, 6.45) is 0. The van der Waals surface area contributed by atoms with Crippen LogP contribution in [-0.2, 0) is 0 Å². The van der Waals surface area contributed by atoms with Crippen LogP contribution >= 0.6 is 0 Å². The average molecular weight is 713 g/mol. The van der Waals surface area contributed by atoms with E-state index in [2.05, 4.69) is 228 Å². The van der Waals surface area contributed by atoms with Crippen molar-refractivity contribution in [2.24, 2.45) is 0 Å². The fraction of sp³-hybridized carbons (Fsp3) is 0. The number of rotatable bonds is 6. The maximum Gasteiger partial charge on any atom is 0.0541 e. The highest BCUT2D eigenvalue weighted by Crippen LogP contribution is 2.40. The second kappa shape index (κ2) is 13.2. The zero-order valence-electron chi connectivity index (χ0n) is 30.7. The highest BCUT2D eigenvalue weighted by molar-refractivity contribution is 6.12. The van der Waals surface area contributed by atoms with Crippen molar-refractivity contribution in [2.75, 3.05) is 0 Å². The molecule has 0 spiro atoms. The van der Waals surface area contributed by atoms with E-state index in [9.17, 15) is 0 Å². The Morgan fingerprint density at radius 2 is 0.607 bits per heavy atom. The van der Waals surface area contributed by atoms with E-state index in [0.29, 0.717) is 0 Å². The average Bonchev–Trinajstić information content (AvgIpc) is 3.79. The predicted octanol–water partition coefficient (Wildman–Crippen LogP) is 14.5. The molecular weight excluding hydrogens is 677 g/mol. The molecule has 0 fully saturated rings. The highest BCUT2D eigenvalue weighted by Gasteiger charge is 2.17. The van der Waals surface area contributed by atoms with Crippen molar-refractivity contribution in [3.05, 3.63) is 218 Å². The molecular formula is C54H36N2. The normalized spacial score (nSPS) is 11.6. The van der Waals surface area contributed by atoms with E-state index in [1.54, 1.807) is 0 Å². The fourth-order valence-corrected chi connectivity index (χ4v) is 8.69. The zero-order chi connectivity index (χ0) is 37.0. The Bertz CT molecular complexity index is 3210. The third kappa shape index (κ3) is 5.26. The van der Waals surface area contributed by atoms with Crippen LogP contribution in [0.15, 0.2) is 218 Å². The van der Waals surface area contributed by atoms with Crippen molar-refractivity contribution in [3.63, 3.8) is 0 Å². The Morgan fingerprint density at radius 1 is 0.214 bits per heavy atom. The summed E-state index contributed by atoms with van der Waals surface area (Å²) in [5.41, 5.74) is 16.8. The molecule has 2 heterocycles. The van der Waals surface area contributed by atoms with Crippen LogP contribution in [-0.4, -0.2) is 9.13 Å². The minimum absolute atomic E-state index is 1.14. The van der Waals surface area contributed by atoms with Gasteiger partial charge in [0.05, 0.1) is 22.1 Å². The molecule has 11 rings (SSSR count). The van der Waals surface area contributed by atoms with Crippen molar-refractivity contribution in [2.45, 2.75) is 0 Å². The lowest BCUT2D eigenvalue weighted by Gasteiger charge is -2.15. The smallest absolute Gasteiger partial charge is 0.0541 e. The number of hydrogen-bond acceptors (Lipinski definition) is 0. The van der Waals surface area contributed by atoms with Gasteiger partial charge in [-0.2, -0.15) is 0 Å². The van der Waals surface area contributed by atoms with Gasteiger partial charge in [-0.05, 0) is 111 Å². The summed E-state index contributed by atoms with van der Waals surface area (Å²) >= 11 is 0. The molecule has 2 nitrogen and oxygen atoms in total. The zero-order valence-corrected chi connectivity index (χ0v) is 30.7. The summed E-state index contributed by atoms with van der Waals surface area (Å²) in [4.78, 5) is 0. The van der Waals surface area contributed by atoms with Gasteiger partial charge in [-0.1, -0.05) is 152 Å². The summed E-state index contributed by atoms with van der Waals surface area (Å²) in [5.74, 6) is 0. The predicted molar refractivity (Wildman–Crippen MR) is 237 cm³/mol. The summed E-state index contributed by atoms with van der Waals surface area (Å²) in [7, 11) is 0. The Hall–Kier alpha value is -7.42. The van der Waals surface area contributed by atoms with Gasteiger partial charge in [0.2, 0.25) is 0 Å². The molecule has 0 N–H and O–H groups in total. The molecule has 0 saturated carbocycles. The van der Waals surface area contributed by atoms with Gasteiger partial charge in [-0.15, -0.1) is 0 Å². The van der Waals surface area contributed by atoms with E-state index < -0.39 is 0 Å². The molecule has 2 heteroatoms. The van der Waals surface area contributed by atoms with E-state index in [0.717, 1.165) is 5.69 Å².